The first kappa shape index (κ1) is 12.8. The predicted octanol–water partition coefficient (Wildman–Crippen LogP) is 2.50. The molecular formula is C15H20N2O. The third kappa shape index (κ3) is 3.20. The van der Waals surface area contributed by atoms with Crippen LogP contribution in [0.4, 0.5) is 5.69 Å². The number of hydrogen-bond donors (Lipinski definition) is 2. The number of allylic oxidation sites excluding steroid dienone is 1. The van der Waals surface area contributed by atoms with Crippen LogP contribution in [-0.4, -0.2) is 18.5 Å². The van der Waals surface area contributed by atoms with Crippen molar-refractivity contribution in [1.29, 1.82) is 0 Å². The van der Waals surface area contributed by atoms with Gasteiger partial charge in [-0.15, -0.1) is 0 Å². The van der Waals surface area contributed by atoms with Crippen molar-refractivity contribution >= 4 is 11.6 Å². The fraction of sp³-hybridized carbons (Fsp3) is 0.400. The fourth-order valence-corrected chi connectivity index (χ4v) is 2.11. The van der Waals surface area contributed by atoms with Gasteiger partial charge in [0.05, 0.1) is 6.04 Å². The number of para-hydroxylation sites is 1. The van der Waals surface area contributed by atoms with E-state index in [-0.39, 0.29) is 11.9 Å². The normalized spacial score (nSPS) is 18.6. The Morgan fingerprint density at radius 1 is 1.44 bits per heavy atom. The van der Waals surface area contributed by atoms with Crippen LogP contribution in [0.25, 0.3) is 0 Å². The number of aryl methyl sites for hydroxylation is 1. The molecule has 0 spiro atoms. The summed E-state index contributed by atoms with van der Waals surface area (Å²) in [5, 5.41) is 6.28. The minimum Gasteiger partial charge on any atom is -0.324 e. The van der Waals surface area contributed by atoms with Crippen LogP contribution in [0.3, 0.4) is 0 Å². The Morgan fingerprint density at radius 2 is 2.22 bits per heavy atom. The molecule has 96 valence electrons. The van der Waals surface area contributed by atoms with E-state index in [2.05, 4.69) is 36.6 Å². The molecule has 1 amide bonds. The van der Waals surface area contributed by atoms with Gasteiger partial charge in [-0.1, -0.05) is 29.8 Å². The summed E-state index contributed by atoms with van der Waals surface area (Å²) in [6, 6.07) is 7.91. The van der Waals surface area contributed by atoms with E-state index in [1.54, 1.807) is 0 Å². The number of nitrogens with one attached hydrogen (secondary N) is 2. The summed E-state index contributed by atoms with van der Waals surface area (Å²) in [6.45, 7) is 4.87. The van der Waals surface area contributed by atoms with Crippen molar-refractivity contribution in [2.45, 2.75) is 32.7 Å². The molecule has 0 aliphatic carbocycles. The Hall–Kier alpha value is -1.61. The average molecular weight is 244 g/mol. The number of rotatable bonds is 3. The highest BCUT2D eigenvalue weighted by Gasteiger charge is 2.22. The molecule has 1 aliphatic rings. The molecule has 0 fully saturated rings. The monoisotopic (exact) mass is 244 g/mol. The lowest BCUT2D eigenvalue weighted by Crippen LogP contribution is -2.39. The van der Waals surface area contributed by atoms with Crippen molar-refractivity contribution in [3.8, 4) is 0 Å². The van der Waals surface area contributed by atoms with Crippen LogP contribution in [0.2, 0.25) is 0 Å². The maximum atomic E-state index is 12.1. The summed E-state index contributed by atoms with van der Waals surface area (Å²) in [5.74, 6) is 0.0714. The second kappa shape index (κ2) is 5.83. The standard InChI is InChI=1S/C15H20N2O/c1-11(2)9-10-16-14-8-7-12-5-3-4-6-13(12)17-15(14)18/h3-6,9,14,16H,7-8,10H2,1-2H3,(H,17,18). The molecule has 0 saturated heterocycles. The molecular weight excluding hydrogens is 224 g/mol. The quantitative estimate of drug-likeness (QED) is 0.802. The Kier molecular flexibility index (Phi) is 4.15. The van der Waals surface area contributed by atoms with Gasteiger partial charge in [0, 0.05) is 12.2 Å². The highest BCUT2D eigenvalue weighted by molar-refractivity contribution is 5.96. The number of benzene rings is 1. The average Bonchev–Trinajstić information content (AvgIpc) is 2.49. The van der Waals surface area contributed by atoms with E-state index in [0.717, 1.165) is 25.1 Å². The number of amides is 1. The highest BCUT2D eigenvalue weighted by atomic mass is 16.2. The molecule has 0 aromatic heterocycles. The van der Waals surface area contributed by atoms with E-state index in [1.165, 1.54) is 11.1 Å². The Bertz CT molecular complexity index is 461. The molecule has 1 atom stereocenters. The summed E-state index contributed by atoms with van der Waals surface area (Å²) in [5.41, 5.74) is 3.44. The van der Waals surface area contributed by atoms with Gasteiger partial charge in [-0.05, 0) is 38.3 Å². The molecule has 0 radical (unpaired) electrons. The van der Waals surface area contributed by atoms with E-state index < -0.39 is 0 Å². The van der Waals surface area contributed by atoms with Crippen LogP contribution < -0.4 is 10.6 Å². The maximum absolute atomic E-state index is 12.1. The van der Waals surface area contributed by atoms with Gasteiger partial charge in [0.25, 0.3) is 0 Å². The summed E-state index contributed by atoms with van der Waals surface area (Å²) in [4.78, 5) is 12.1. The van der Waals surface area contributed by atoms with Crippen LogP contribution >= 0.6 is 0 Å². The summed E-state index contributed by atoms with van der Waals surface area (Å²) in [6.07, 6.45) is 3.88. The number of anilines is 1. The molecule has 1 heterocycles. The third-order valence-corrected chi connectivity index (χ3v) is 3.17. The SMILES string of the molecule is CC(C)=CCNC1CCc2ccccc2NC1=O. The van der Waals surface area contributed by atoms with Crippen molar-refractivity contribution in [3.63, 3.8) is 0 Å². The number of hydrogen-bond acceptors (Lipinski definition) is 2. The van der Waals surface area contributed by atoms with Gasteiger partial charge in [-0.3, -0.25) is 4.79 Å². The lowest BCUT2D eigenvalue weighted by Gasteiger charge is -2.13. The van der Waals surface area contributed by atoms with Gasteiger partial charge >= 0.3 is 0 Å². The van der Waals surface area contributed by atoms with Gasteiger partial charge in [0.15, 0.2) is 0 Å². The highest BCUT2D eigenvalue weighted by Crippen LogP contribution is 2.21. The molecule has 1 aliphatic heterocycles. The zero-order valence-corrected chi connectivity index (χ0v) is 11.0. The van der Waals surface area contributed by atoms with Gasteiger partial charge < -0.3 is 10.6 Å². The topological polar surface area (TPSA) is 41.1 Å². The van der Waals surface area contributed by atoms with Gasteiger partial charge in [0.2, 0.25) is 5.91 Å². The zero-order chi connectivity index (χ0) is 13.0. The lowest BCUT2D eigenvalue weighted by atomic mass is 10.1. The number of carbonyl (C=O) groups is 1. The van der Waals surface area contributed by atoms with Crippen LogP contribution in [0.1, 0.15) is 25.8 Å². The van der Waals surface area contributed by atoms with Gasteiger partial charge in [-0.25, -0.2) is 0 Å². The van der Waals surface area contributed by atoms with Crippen molar-refractivity contribution in [1.82, 2.24) is 5.32 Å². The first-order valence-electron chi connectivity index (χ1n) is 6.42. The Morgan fingerprint density at radius 3 is 3.00 bits per heavy atom. The predicted molar refractivity (Wildman–Crippen MR) is 74.6 cm³/mol. The third-order valence-electron chi connectivity index (χ3n) is 3.17. The Labute approximate surface area is 108 Å². The molecule has 1 aromatic rings. The molecule has 1 aromatic carbocycles. The first-order valence-corrected chi connectivity index (χ1v) is 6.42. The number of carbonyl (C=O) groups excluding carboxylic acids is 1. The fourth-order valence-electron chi connectivity index (χ4n) is 2.11. The molecule has 0 saturated carbocycles. The molecule has 2 rings (SSSR count). The van der Waals surface area contributed by atoms with Crippen molar-refractivity contribution in [2.75, 3.05) is 11.9 Å². The largest absolute Gasteiger partial charge is 0.324 e. The van der Waals surface area contributed by atoms with E-state index in [9.17, 15) is 4.79 Å². The maximum Gasteiger partial charge on any atom is 0.241 e. The summed E-state index contributed by atoms with van der Waals surface area (Å²) in [7, 11) is 0. The van der Waals surface area contributed by atoms with Crippen LogP contribution in [0, 0.1) is 0 Å². The van der Waals surface area contributed by atoms with Gasteiger partial charge in [0.1, 0.15) is 0 Å². The van der Waals surface area contributed by atoms with E-state index >= 15 is 0 Å². The second-order valence-corrected chi connectivity index (χ2v) is 4.93. The van der Waals surface area contributed by atoms with Gasteiger partial charge in [-0.2, -0.15) is 0 Å². The molecule has 3 nitrogen and oxygen atoms in total. The lowest BCUT2D eigenvalue weighted by molar-refractivity contribution is -0.118. The van der Waals surface area contributed by atoms with E-state index in [1.807, 2.05) is 18.2 Å². The minimum absolute atomic E-state index is 0.0714. The summed E-state index contributed by atoms with van der Waals surface area (Å²) < 4.78 is 0. The number of fused-ring (bicyclic) bond motifs is 1. The zero-order valence-electron chi connectivity index (χ0n) is 11.0. The van der Waals surface area contributed by atoms with Crippen LogP contribution in [0.15, 0.2) is 35.9 Å². The molecule has 1 unspecified atom stereocenters. The first-order chi connectivity index (χ1) is 8.66. The van der Waals surface area contributed by atoms with E-state index in [0.29, 0.717) is 0 Å². The van der Waals surface area contributed by atoms with Crippen molar-refractivity contribution < 1.29 is 4.79 Å². The van der Waals surface area contributed by atoms with Crippen molar-refractivity contribution in [3.05, 3.63) is 41.5 Å². The Balaban J connectivity index is 2.01. The van der Waals surface area contributed by atoms with Crippen LogP contribution in [-0.2, 0) is 11.2 Å². The van der Waals surface area contributed by atoms with Crippen molar-refractivity contribution in [2.24, 2.45) is 0 Å². The smallest absolute Gasteiger partial charge is 0.241 e. The van der Waals surface area contributed by atoms with Crippen LogP contribution in [0.5, 0.6) is 0 Å². The van der Waals surface area contributed by atoms with E-state index in [4.69, 9.17) is 0 Å². The second-order valence-electron chi connectivity index (χ2n) is 4.93. The molecule has 2 N–H and O–H groups in total. The molecule has 18 heavy (non-hydrogen) atoms. The molecule has 3 heteroatoms. The minimum atomic E-state index is -0.104. The molecule has 0 bridgehead atoms. The summed E-state index contributed by atoms with van der Waals surface area (Å²) >= 11 is 0.